The van der Waals surface area contributed by atoms with Crippen LogP contribution >= 0.6 is 0 Å². The molecule has 0 fully saturated rings. The first-order chi connectivity index (χ1) is 8.24. The molecule has 0 bridgehead atoms. The van der Waals surface area contributed by atoms with Crippen LogP contribution < -0.4 is 0 Å². The molecule has 0 heterocycles. The van der Waals surface area contributed by atoms with Crippen LogP contribution in [0.2, 0.25) is 0 Å². The Bertz CT molecular complexity index is 111. The van der Waals surface area contributed by atoms with E-state index in [9.17, 15) is 0 Å². The van der Waals surface area contributed by atoms with Crippen LogP contribution in [0, 0.1) is 26.8 Å². The zero-order valence-electron chi connectivity index (χ0n) is 12.6. The van der Waals surface area contributed by atoms with Gasteiger partial charge in [-0.3, -0.25) is 6.08 Å². The van der Waals surface area contributed by atoms with E-state index < -0.39 is 0 Å². The maximum Gasteiger partial charge on any atom is 4.00 e. The standard InChI is InChI=1S/C5H5.3C4H9.Pt/c1-2-4-5-3-1;3*1-3-4-2;/h1-3H,4H2;3*1,3-4H2,2H3;/q4*-1;+4. The molecule has 1 heteroatoms. The molecule has 0 saturated heterocycles. The third kappa shape index (κ3) is 55.8. The molecule has 0 amide bonds. The van der Waals surface area contributed by atoms with Crippen LogP contribution in [0.25, 0.3) is 0 Å². The van der Waals surface area contributed by atoms with Gasteiger partial charge in [0.25, 0.3) is 0 Å². The SMILES string of the molecule is [C-]1=CC=CC1.[CH2-]CCC.[CH2-]CCC.[CH2-]CCC.[Pt+4]. The normalized spacial score (nSPS) is 9.89. The first kappa shape index (κ1) is 26.7. The van der Waals surface area contributed by atoms with E-state index >= 15 is 0 Å². The monoisotopic (exact) mass is 431 g/mol. The summed E-state index contributed by atoms with van der Waals surface area (Å²) < 4.78 is 0. The molecule has 0 aromatic carbocycles. The molecule has 0 spiro atoms. The van der Waals surface area contributed by atoms with Gasteiger partial charge in [-0.2, -0.15) is 25.3 Å². The maximum absolute atomic E-state index is 3.60. The Morgan fingerprint density at radius 1 is 0.889 bits per heavy atom. The van der Waals surface area contributed by atoms with Crippen molar-refractivity contribution in [2.45, 2.75) is 65.7 Å². The minimum Gasteiger partial charge on any atom is -0.343 e. The van der Waals surface area contributed by atoms with E-state index in [2.05, 4.69) is 53.7 Å². The number of allylic oxidation sites excluding steroid dienone is 4. The Kier molecular flexibility index (Phi) is 53.3. The van der Waals surface area contributed by atoms with Crippen molar-refractivity contribution < 1.29 is 21.1 Å². The fraction of sp³-hybridized carbons (Fsp3) is 0.588. The van der Waals surface area contributed by atoms with E-state index in [4.69, 9.17) is 0 Å². The Balaban J connectivity index is -0.0000000719. The van der Waals surface area contributed by atoms with Gasteiger partial charge in [-0.05, 0) is 0 Å². The van der Waals surface area contributed by atoms with Crippen LogP contribution in [0.15, 0.2) is 18.2 Å². The van der Waals surface area contributed by atoms with Gasteiger partial charge in [-0.25, -0.2) is 12.2 Å². The fourth-order valence-electron chi connectivity index (χ4n) is 0.340. The van der Waals surface area contributed by atoms with Crippen LogP contribution in [-0.2, 0) is 21.1 Å². The second-order valence-corrected chi connectivity index (χ2v) is 3.56. The van der Waals surface area contributed by atoms with Gasteiger partial charge in [0.1, 0.15) is 0 Å². The van der Waals surface area contributed by atoms with E-state index in [1.807, 2.05) is 12.2 Å². The summed E-state index contributed by atoms with van der Waals surface area (Å²) in [6, 6.07) is 0. The number of hydrogen-bond donors (Lipinski definition) is 0. The Labute approximate surface area is 132 Å². The smallest absolute Gasteiger partial charge is 0.343 e. The summed E-state index contributed by atoms with van der Waals surface area (Å²) in [5, 5.41) is 0. The van der Waals surface area contributed by atoms with Crippen molar-refractivity contribution in [3.8, 4) is 0 Å². The Morgan fingerprint density at radius 3 is 1.28 bits per heavy atom. The summed E-state index contributed by atoms with van der Waals surface area (Å²) in [4.78, 5) is 0. The van der Waals surface area contributed by atoms with Crippen molar-refractivity contribution in [1.82, 2.24) is 0 Å². The third-order valence-electron chi connectivity index (χ3n) is 1.65. The van der Waals surface area contributed by atoms with E-state index in [0.717, 1.165) is 25.7 Å². The molecule has 0 radical (unpaired) electrons. The summed E-state index contributed by atoms with van der Waals surface area (Å²) in [6.45, 7) is 17.2. The first-order valence-electron chi connectivity index (χ1n) is 6.84. The largest absolute Gasteiger partial charge is 4.00 e. The fourth-order valence-corrected chi connectivity index (χ4v) is 0.340. The minimum atomic E-state index is 0. The summed E-state index contributed by atoms with van der Waals surface area (Å²) in [5.74, 6) is 0. The summed E-state index contributed by atoms with van der Waals surface area (Å²) in [6.07, 6.45) is 16.8. The van der Waals surface area contributed by atoms with Crippen LogP contribution in [0.1, 0.15) is 65.7 Å². The van der Waals surface area contributed by atoms with Gasteiger partial charge >= 0.3 is 21.1 Å². The quantitative estimate of drug-likeness (QED) is 0.469. The van der Waals surface area contributed by atoms with Crippen molar-refractivity contribution in [3.05, 3.63) is 45.1 Å². The van der Waals surface area contributed by atoms with Gasteiger partial charge in [0.2, 0.25) is 0 Å². The molecule has 0 saturated carbocycles. The van der Waals surface area contributed by atoms with E-state index in [1.165, 1.54) is 19.3 Å². The molecular weight excluding hydrogens is 399 g/mol. The molecular formula is C17H32Pt. The van der Waals surface area contributed by atoms with Crippen molar-refractivity contribution in [2.24, 2.45) is 0 Å². The van der Waals surface area contributed by atoms with Crippen molar-refractivity contribution in [3.63, 3.8) is 0 Å². The molecule has 0 aromatic rings. The molecule has 0 nitrogen and oxygen atoms in total. The molecule has 0 aliphatic heterocycles. The Hall–Kier alpha value is 0.168. The minimum absolute atomic E-state index is 0. The van der Waals surface area contributed by atoms with Gasteiger partial charge in [0.05, 0.1) is 0 Å². The predicted octanol–water partition coefficient (Wildman–Crippen LogP) is 6.16. The molecule has 1 rings (SSSR count). The summed E-state index contributed by atoms with van der Waals surface area (Å²) >= 11 is 0. The average molecular weight is 432 g/mol. The van der Waals surface area contributed by atoms with Crippen molar-refractivity contribution in [1.29, 1.82) is 0 Å². The number of rotatable bonds is 3. The topological polar surface area (TPSA) is 0 Å². The second-order valence-electron chi connectivity index (χ2n) is 3.56. The third-order valence-corrected chi connectivity index (χ3v) is 1.65. The van der Waals surface area contributed by atoms with E-state index in [0.29, 0.717) is 0 Å². The number of hydrogen-bond acceptors (Lipinski definition) is 0. The van der Waals surface area contributed by atoms with E-state index in [-0.39, 0.29) is 21.1 Å². The van der Waals surface area contributed by atoms with Crippen LogP contribution in [0.4, 0.5) is 0 Å². The number of unbranched alkanes of at least 4 members (excludes halogenated alkanes) is 3. The second kappa shape index (κ2) is 36.0. The van der Waals surface area contributed by atoms with Crippen molar-refractivity contribution >= 4 is 0 Å². The predicted molar refractivity (Wildman–Crippen MR) is 82.4 cm³/mol. The average Bonchev–Trinajstić information content (AvgIpc) is 2.98. The van der Waals surface area contributed by atoms with Gasteiger partial charge < -0.3 is 20.8 Å². The molecule has 1 aliphatic carbocycles. The molecule has 0 N–H and O–H groups in total. The van der Waals surface area contributed by atoms with Crippen LogP contribution in [0.5, 0.6) is 0 Å². The first-order valence-corrected chi connectivity index (χ1v) is 6.84. The van der Waals surface area contributed by atoms with Crippen LogP contribution in [0.3, 0.4) is 0 Å². The van der Waals surface area contributed by atoms with E-state index in [1.54, 1.807) is 0 Å². The molecule has 110 valence electrons. The summed E-state index contributed by atoms with van der Waals surface area (Å²) in [7, 11) is 0. The summed E-state index contributed by atoms with van der Waals surface area (Å²) in [5.41, 5.74) is 0. The van der Waals surface area contributed by atoms with Crippen molar-refractivity contribution in [2.75, 3.05) is 0 Å². The molecule has 18 heavy (non-hydrogen) atoms. The van der Waals surface area contributed by atoms with Gasteiger partial charge in [-0.15, -0.1) is 6.42 Å². The maximum atomic E-state index is 3.60. The zero-order chi connectivity index (χ0) is 13.8. The van der Waals surface area contributed by atoms with Crippen LogP contribution in [-0.4, -0.2) is 0 Å². The van der Waals surface area contributed by atoms with Gasteiger partial charge in [0, 0.05) is 0 Å². The molecule has 1 aliphatic rings. The van der Waals surface area contributed by atoms with Gasteiger partial charge in [-0.1, -0.05) is 40.0 Å². The van der Waals surface area contributed by atoms with Gasteiger partial charge in [0.15, 0.2) is 0 Å². The molecule has 0 unspecified atom stereocenters. The molecule has 0 aromatic heterocycles. The Morgan fingerprint density at radius 2 is 1.22 bits per heavy atom. The molecule has 0 atom stereocenters. The zero-order valence-corrected chi connectivity index (χ0v) is 14.9.